The van der Waals surface area contributed by atoms with Crippen molar-refractivity contribution in [3.05, 3.63) is 52.0 Å². The summed E-state index contributed by atoms with van der Waals surface area (Å²) in [4.78, 5) is 12.4. The Morgan fingerprint density at radius 3 is 2.50 bits per heavy atom. The second-order valence-corrected chi connectivity index (χ2v) is 5.05. The van der Waals surface area contributed by atoms with Gasteiger partial charge in [-0.2, -0.15) is 0 Å². The summed E-state index contributed by atoms with van der Waals surface area (Å²) in [7, 11) is 0. The molecule has 0 fully saturated rings. The molecular weight excluding hydrogens is 253 g/mol. The molecule has 0 amide bonds. The Morgan fingerprint density at radius 1 is 1.17 bits per heavy atom. The highest BCUT2D eigenvalue weighted by Crippen LogP contribution is 2.19. The first kappa shape index (κ1) is 12.6. The number of carbonyl (C=O) groups is 1. The second-order valence-electron chi connectivity index (χ2n) is 3.80. The molecule has 0 aliphatic heterocycles. The fourth-order valence-corrected chi connectivity index (χ4v) is 2.47. The molecular formula is C13H12FNO2S. The molecule has 94 valence electrons. The molecule has 2 N–H and O–H groups in total. The van der Waals surface area contributed by atoms with Gasteiger partial charge in [-0.25, -0.2) is 4.39 Å². The molecule has 0 spiro atoms. The minimum atomic E-state index is -0.824. The van der Waals surface area contributed by atoms with Crippen LogP contribution >= 0.6 is 11.3 Å². The van der Waals surface area contributed by atoms with Gasteiger partial charge in [-0.05, 0) is 36.4 Å². The number of carboxylic acids is 1. The van der Waals surface area contributed by atoms with Gasteiger partial charge in [-0.15, -0.1) is 11.3 Å². The monoisotopic (exact) mass is 265 g/mol. The summed E-state index contributed by atoms with van der Waals surface area (Å²) in [6.45, 7) is 0.607. The molecule has 0 aliphatic rings. The first-order chi connectivity index (χ1) is 8.63. The van der Waals surface area contributed by atoms with Crippen LogP contribution in [0.2, 0.25) is 0 Å². The summed E-state index contributed by atoms with van der Waals surface area (Å²) in [5, 5.41) is 11.8. The Balaban J connectivity index is 1.92. The number of anilines is 1. The molecule has 5 heteroatoms. The SMILES string of the molecule is O=C(O)Cc1ccc(CNc2ccc(F)cc2)s1. The zero-order valence-electron chi connectivity index (χ0n) is 9.52. The number of halogens is 1. The number of aliphatic carboxylic acids is 1. The largest absolute Gasteiger partial charge is 0.481 e. The Morgan fingerprint density at radius 2 is 1.83 bits per heavy atom. The van der Waals surface area contributed by atoms with Crippen LogP contribution in [0.25, 0.3) is 0 Å². The lowest BCUT2D eigenvalue weighted by Gasteiger charge is -2.03. The van der Waals surface area contributed by atoms with E-state index in [1.807, 2.05) is 12.1 Å². The molecule has 0 saturated carbocycles. The summed E-state index contributed by atoms with van der Waals surface area (Å²) >= 11 is 1.47. The van der Waals surface area contributed by atoms with Crippen LogP contribution in [0, 0.1) is 5.82 Å². The normalized spacial score (nSPS) is 10.3. The number of hydrogen-bond acceptors (Lipinski definition) is 3. The third-order valence-corrected chi connectivity index (χ3v) is 3.44. The van der Waals surface area contributed by atoms with Gasteiger partial charge in [0, 0.05) is 22.0 Å². The number of rotatable bonds is 5. The smallest absolute Gasteiger partial charge is 0.308 e. The Bertz CT molecular complexity index is 536. The summed E-state index contributed by atoms with van der Waals surface area (Å²) in [6, 6.07) is 9.85. The predicted octanol–water partition coefficient (Wildman–Crippen LogP) is 3.13. The number of hydrogen-bond donors (Lipinski definition) is 2. The zero-order valence-corrected chi connectivity index (χ0v) is 10.3. The third kappa shape index (κ3) is 3.56. The average molecular weight is 265 g/mol. The molecule has 2 rings (SSSR count). The molecule has 0 aliphatic carbocycles. The molecule has 0 unspecified atom stereocenters. The van der Waals surface area contributed by atoms with Gasteiger partial charge in [0.25, 0.3) is 0 Å². The van der Waals surface area contributed by atoms with E-state index in [-0.39, 0.29) is 12.2 Å². The Labute approximate surface area is 108 Å². The Kier molecular flexibility index (Phi) is 3.94. The molecule has 0 radical (unpaired) electrons. The van der Waals surface area contributed by atoms with Crippen molar-refractivity contribution in [3.8, 4) is 0 Å². The Hall–Kier alpha value is -1.88. The first-order valence-electron chi connectivity index (χ1n) is 5.42. The fourth-order valence-electron chi connectivity index (χ4n) is 1.52. The predicted molar refractivity (Wildman–Crippen MR) is 69.4 cm³/mol. The molecule has 3 nitrogen and oxygen atoms in total. The van der Waals surface area contributed by atoms with Gasteiger partial charge in [-0.3, -0.25) is 4.79 Å². The van der Waals surface area contributed by atoms with Gasteiger partial charge < -0.3 is 10.4 Å². The van der Waals surface area contributed by atoms with Crippen LogP contribution in [0.3, 0.4) is 0 Å². The van der Waals surface area contributed by atoms with Gasteiger partial charge >= 0.3 is 5.97 Å². The molecule has 1 aromatic carbocycles. The van der Waals surface area contributed by atoms with E-state index in [1.54, 1.807) is 12.1 Å². The van der Waals surface area contributed by atoms with Crippen LogP contribution in [0.5, 0.6) is 0 Å². The van der Waals surface area contributed by atoms with Crippen LogP contribution in [-0.4, -0.2) is 11.1 Å². The van der Waals surface area contributed by atoms with Crippen molar-refractivity contribution in [2.45, 2.75) is 13.0 Å². The zero-order chi connectivity index (χ0) is 13.0. The maximum absolute atomic E-state index is 12.7. The molecule has 2 aromatic rings. The van der Waals surface area contributed by atoms with Crippen molar-refractivity contribution in [1.82, 2.24) is 0 Å². The third-order valence-electron chi connectivity index (χ3n) is 2.35. The maximum atomic E-state index is 12.7. The molecule has 1 heterocycles. The van der Waals surface area contributed by atoms with Crippen LogP contribution in [0.4, 0.5) is 10.1 Å². The summed E-state index contributed by atoms with van der Waals surface area (Å²) < 4.78 is 12.7. The van der Waals surface area contributed by atoms with E-state index in [0.29, 0.717) is 6.54 Å². The summed E-state index contributed by atoms with van der Waals surface area (Å²) in [6.07, 6.45) is 0.0568. The van der Waals surface area contributed by atoms with Crippen molar-refractivity contribution in [2.75, 3.05) is 5.32 Å². The standard InChI is InChI=1S/C13H12FNO2S/c14-9-1-3-10(4-2-9)15-8-12-6-5-11(18-12)7-13(16)17/h1-6,15H,7-8H2,(H,16,17). The van der Waals surface area contributed by atoms with Crippen molar-refractivity contribution in [2.24, 2.45) is 0 Å². The van der Waals surface area contributed by atoms with Gasteiger partial charge in [0.1, 0.15) is 5.82 Å². The maximum Gasteiger partial charge on any atom is 0.308 e. The van der Waals surface area contributed by atoms with E-state index in [1.165, 1.54) is 23.5 Å². The lowest BCUT2D eigenvalue weighted by Crippen LogP contribution is -1.98. The van der Waals surface area contributed by atoms with E-state index in [4.69, 9.17) is 5.11 Å². The first-order valence-corrected chi connectivity index (χ1v) is 6.24. The minimum Gasteiger partial charge on any atom is -0.481 e. The van der Waals surface area contributed by atoms with E-state index < -0.39 is 5.97 Å². The number of benzene rings is 1. The molecule has 0 saturated heterocycles. The van der Waals surface area contributed by atoms with E-state index >= 15 is 0 Å². The van der Waals surface area contributed by atoms with E-state index in [9.17, 15) is 9.18 Å². The molecule has 18 heavy (non-hydrogen) atoms. The van der Waals surface area contributed by atoms with Gasteiger partial charge in [0.15, 0.2) is 0 Å². The number of thiophene rings is 1. The average Bonchev–Trinajstić information content (AvgIpc) is 2.75. The van der Waals surface area contributed by atoms with Crippen molar-refractivity contribution >= 4 is 23.0 Å². The lowest BCUT2D eigenvalue weighted by atomic mass is 10.3. The number of carboxylic acid groups (broad SMARTS) is 1. The van der Waals surface area contributed by atoms with Crippen molar-refractivity contribution in [3.63, 3.8) is 0 Å². The lowest BCUT2D eigenvalue weighted by molar-refractivity contribution is -0.136. The summed E-state index contributed by atoms with van der Waals surface area (Å²) in [5.74, 6) is -1.09. The number of nitrogens with one attached hydrogen (secondary N) is 1. The molecule has 0 bridgehead atoms. The van der Waals surface area contributed by atoms with Crippen LogP contribution in [0.1, 0.15) is 9.75 Å². The van der Waals surface area contributed by atoms with Gasteiger partial charge in [-0.1, -0.05) is 0 Å². The van der Waals surface area contributed by atoms with Crippen molar-refractivity contribution in [1.29, 1.82) is 0 Å². The van der Waals surface area contributed by atoms with E-state index in [0.717, 1.165) is 15.4 Å². The highest BCUT2D eigenvalue weighted by molar-refractivity contribution is 7.12. The van der Waals surface area contributed by atoms with Gasteiger partial charge in [0.2, 0.25) is 0 Å². The molecule has 1 aromatic heterocycles. The molecule has 0 atom stereocenters. The topological polar surface area (TPSA) is 49.3 Å². The highest BCUT2D eigenvalue weighted by Gasteiger charge is 2.04. The highest BCUT2D eigenvalue weighted by atomic mass is 32.1. The van der Waals surface area contributed by atoms with E-state index in [2.05, 4.69) is 5.32 Å². The minimum absolute atomic E-state index is 0.0568. The second kappa shape index (κ2) is 5.64. The fraction of sp³-hybridized carbons (Fsp3) is 0.154. The summed E-state index contributed by atoms with van der Waals surface area (Å²) in [5.41, 5.74) is 0.838. The van der Waals surface area contributed by atoms with Crippen LogP contribution < -0.4 is 5.32 Å². The van der Waals surface area contributed by atoms with Crippen LogP contribution in [0.15, 0.2) is 36.4 Å². The van der Waals surface area contributed by atoms with Crippen LogP contribution in [-0.2, 0) is 17.8 Å². The van der Waals surface area contributed by atoms with Crippen molar-refractivity contribution < 1.29 is 14.3 Å². The van der Waals surface area contributed by atoms with Gasteiger partial charge in [0.05, 0.1) is 6.42 Å². The quantitative estimate of drug-likeness (QED) is 0.873.